The molecule has 1 saturated carbocycles. The van der Waals surface area contributed by atoms with Gasteiger partial charge in [-0.15, -0.1) is 24.8 Å². The van der Waals surface area contributed by atoms with E-state index in [2.05, 4.69) is 31.2 Å². The number of rotatable bonds is 2. The average Bonchev–Trinajstić information content (AvgIpc) is 2.31. The molecule has 0 heterocycles. The highest BCUT2D eigenvalue weighted by atomic mass is 35.5. The van der Waals surface area contributed by atoms with Crippen molar-refractivity contribution in [3.05, 3.63) is 35.9 Å². The first-order valence-corrected chi connectivity index (χ1v) is 6.03. The van der Waals surface area contributed by atoms with Crippen molar-refractivity contribution in [1.29, 1.82) is 0 Å². The normalized spacial score (nSPS) is 27.8. The molecular weight excluding hydrogens is 255 g/mol. The van der Waals surface area contributed by atoms with Crippen LogP contribution < -0.4 is 0 Å². The van der Waals surface area contributed by atoms with Gasteiger partial charge in [0, 0.05) is 5.92 Å². The SMILES string of the molecule is CCC1(O)CCCCC1c1ccccc1.Cl.Cl. The van der Waals surface area contributed by atoms with Gasteiger partial charge in [-0.05, 0) is 24.8 Å². The zero-order valence-corrected chi connectivity index (χ0v) is 11.9. The van der Waals surface area contributed by atoms with E-state index < -0.39 is 5.60 Å². The molecule has 1 aliphatic carbocycles. The predicted octanol–water partition coefficient (Wildman–Crippen LogP) is 4.33. The van der Waals surface area contributed by atoms with Gasteiger partial charge in [0.25, 0.3) is 0 Å². The minimum atomic E-state index is -0.459. The van der Waals surface area contributed by atoms with E-state index in [-0.39, 0.29) is 24.8 Å². The Hall–Kier alpha value is -0.240. The molecule has 1 N–H and O–H groups in total. The monoisotopic (exact) mass is 276 g/mol. The van der Waals surface area contributed by atoms with Crippen LogP contribution in [-0.4, -0.2) is 10.7 Å². The van der Waals surface area contributed by atoms with Crippen LogP contribution in [0.25, 0.3) is 0 Å². The summed E-state index contributed by atoms with van der Waals surface area (Å²) >= 11 is 0. The molecule has 0 spiro atoms. The molecule has 2 rings (SSSR count). The van der Waals surface area contributed by atoms with Gasteiger partial charge in [0.15, 0.2) is 0 Å². The van der Waals surface area contributed by atoms with Crippen LogP contribution in [0.15, 0.2) is 30.3 Å². The summed E-state index contributed by atoms with van der Waals surface area (Å²) in [6.07, 6.45) is 5.39. The molecule has 1 aliphatic rings. The molecule has 2 atom stereocenters. The highest BCUT2D eigenvalue weighted by Crippen LogP contribution is 2.42. The third-order valence-corrected chi connectivity index (χ3v) is 3.82. The van der Waals surface area contributed by atoms with Crippen molar-refractivity contribution in [1.82, 2.24) is 0 Å². The van der Waals surface area contributed by atoms with E-state index in [0.29, 0.717) is 5.92 Å². The number of halogens is 2. The maximum absolute atomic E-state index is 10.6. The van der Waals surface area contributed by atoms with E-state index in [1.807, 2.05) is 6.07 Å². The molecule has 0 aromatic heterocycles. The molecule has 0 aliphatic heterocycles. The van der Waals surface area contributed by atoms with Gasteiger partial charge in [0.05, 0.1) is 5.60 Å². The molecule has 0 radical (unpaired) electrons. The fourth-order valence-corrected chi connectivity index (χ4v) is 2.81. The standard InChI is InChI=1S/C14H20O.2ClH/c1-2-14(15)11-7-6-10-13(14)12-8-4-3-5-9-12;;/h3-5,8-9,13,15H,2,6-7,10-11H2,1H3;2*1H. The first-order chi connectivity index (χ1) is 7.26. The maximum atomic E-state index is 10.6. The van der Waals surface area contributed by atoms with Crippen LogP contribution in [0.1, 0.15) is 50.5 Å². The minimum absolute atomic E-state index is 0. The van der Waals surface area contributed by atoms with E-state index in [0.717, 1.165) is 19.3 Å². The van der Waals surface area contributed by atoms with Crippen molar-refractivity contribution >= 4 is 24.8 Å². The van der Waals surface area contributed by atoms with Gasteiger partial charge in [-0.3, -0.25) is 0 Å². The third-order valence-electron chi connectivity index (χ3n) is 3.82. The van der Waals surface area contributed by atoms with E-state index in [9.17, 15) is 5.11 Å². The summed E-state index contributed by atoms with van der Waals surface area (Å²) in [7, 11) is 0. The summed E-state index contributed by atoms with van der Waals surface area (Å²) in [4.78, 5) is 0. The van der Waals surface area contributed by atoms with Crippen molar-refractivity contribution < 1.29 is 5.11 Å². The second kappa shape index (κ2) is 7.25. The average molecular weight is 277 g/mol. The molecule has 1 fully saturated rings. The zero-order valence-electron chi connectivity index (χ0n) is 10.3. The number of hydrogen-bond acceptors (Lipinski definition) is 1. The van der Waals surface area contributed by atoms with Crippen LogP contribution in [0.4, 0.5) is 0 Å². The second-order valence-corrected chi connectivity index (χ2v) is 4.67. The van der Waals surface area contributed by atoms with Crippen molar-refractivity contribution in [2.75, 3.05) is 0 Å². The topological polar surface area (TPSA) is 20.2 Å². The van der Waals surface area contributed by atoms with E-state index in [1.54, 1.807) is 0 Å². The van der Waals surface area contributed by atoms with Crippen LogP contribution in [0, 0.1) is 0 Å². The molecule has 0 saturated heterocycles. The largest absolute Gasteiger partial charge is 0.389 e. The highest BCUT2D eigenvalue weighted by molar-refractivity contribution is 5.85. The first-order valence-electron chi connectivity index (χ1n) is 6.03. The van der Waals surface area contributed by atoms with E-state index in [4.69, 9.17) is 0 Å². The zero-order chi connectivity index (χ0) is 10.7. The van der Waals surface area contributed by atoms with Crippen LogP contribution >= 0.6 is 24.8 Å². The summed E-state index contributed by atoms with van der Waals surface area (Å²) in [5, 5.41) is 10.6. The molecule has 1 aromatic rings. The maximum Gasteiger partial charge on any atom is 0.0713 e. The van der Waals surface area contributed by atoms with Crippen LogP contribution in [0.2, 0.25) is 0 Å². The molecule has 0 amide bonds. The summed E-state index contributed by atoms with van der Waals surface area (Å²) in [5.41, 5.74) is 0.848. The third kappa shape index (κ3) is 3.61. The van der Waals surface area contributed by atoms with Gasteiger partial charge >= 0.3 is 0 Å². The summed E-state index contributed by atoms with van der Waals surface area (Å²) in [5.74, 6) is 0.345. The van der Waals surface area contributed by atoms with E-state index >= 15 is 0 Å². The fraction of sp³-hybridized carbons (Fsp3) is 0.571. The van der Waals surface area contributed by atoms with Gasteiger partial charge in [-0.2, -0.15) is 0 Å². The Morgan fingerprint density at radius 1 is 1.18 bits per heavy atom. The minimum Gasteiger partial charge on any atom is -0.389 e. The van der Waals surface area contributed by atoms with Gasteiger partial charge in [0.2, 0.25) is 0 Å². The van der Waals surface area contributed by atoms with Crippen LogP contribution in [-0.2, 0) is 0 Å². The van der Waals surface area contributed by atoms with Crippen molar-refractivity contribution in [3.63, 3.8) is 0 Å². The van der Waals surface area contributed by atoms with Gasteiger partial charge in [-0.1, -0.05) is 50.1 Å². The van der Waals surface area contributed by atoms with Crippen molar-refractivity contribution in [2.24, 2.45) is 0 Å². The van der Waals surface area contributed by atoms with Crippen molar-refractivity contribution in [2.45, 2.75) is 50.5 Å². The molecule has 2 unspecified atom stereocenters. The number of hydrogen-bond donors (Lipinski definition) is 1. The lowest BCUT2D eigenvalue weighted by Crippen LogP contribution is -2.38. The summed E-state index contributed by atoms with van der Waals surface area (Å²) in [6.45, 7) is 2.10. The lowest BCUT2D eigenvalue weighted by atomic mass is 9.71. The quantitative estimate of drug-likeness (QED) is 0.853. The predicted molar refractivity (Wildman–Crippen MR) is 77.4 cm³/mol. The Morgan fingerprint density at radius 2 is 1.82 bits per heavy atom. The molecule has 98 valence electrons. The number of benzene rings is 1. The second-order valence-electron chi connectivity index (χ2n) is 4.67. The molecule has 0 bridgehead atoms. The Morgan fingerprint density at radius 3 is 2.41 bits per heavy atom. The molecule has 17 heavy (non-hydrogen) atoms. The van der Waals surface area contributed by atoms with Crippen LogP contribution in [0.3, 0.4) is 0 Å². The summed E-state index contributed by atoms with van der Waals surface area (Å²) < 4.78 is 0. The Balaban J connectivity index is 0.00000128. The molecule has 3 heteroatoms. The smallest absolute Gasteiger partial charge is 0.0713 e. The lowest BCUT2D eigenvalue weighted by molar-refractivity contribution is -0.0203. The van der Waals surface area contributed by atoms with E-state index in [1.165, 1.54) is 18.4 Å². The molecule has 1 nitrogen and oxygen atoms in total. The van der Waals surface area contributed by atoms with Crippen molar-refractivity contribution in [3.8, 4) is 0 Å². The molecule has 1 aromatic carbocycles. The summed E-state index contributed by atoms with van der Waals surface area (Å²) in [6, 6.07) is 10.5. The van der Waals surface area contributed by atoms with Gasteiger partial charge < -0.3 is 5.11 Å². The van der Waals surface area contributed by atoms with Crippen LogP contribution in [0.5, 0.6) is 0 Å². The van der Waals surface area contributed by atoms with Gasteiger partial charge in [-0.25, -0.2) is 0 Å². The highest BCUT2D eigenvalue weighted by Gasteiger charge is 2.37. The molecular formula is C14H22Cl2O. The first kappa shape index (κ1) is 16.8. The Bertz CT molecular complexity index is 315. The fourth-order valence-electron chi connectivity index (χ4n) is 2.81. The Kier molecular flexibility index (Phi) is 7.15. The van der Waals surface area contributed by atoms with Gasteiger partial charge in [0.1, 0.15) is 0 Å². The lowest BCUT2D eigenvalue weighted by Gasteiger charge is -2.39. The Labute approximate surface area is 116 Å². The number of aliphatic hydroxyl groups is 1.